The molecule has 11 heteroatoms. The van der Waals surface area contributed by atoms with E-state index >= 15 is 0 Å². The number of carbonyl (C=O) groups excluding carboxylic acids is 5. The first kappa shape index (κ1) is 31.0. The molecule has 0 unspecified atom stereocenters. The fourth-order valence-electron chi connectivity index (χ4n) is 6.16. The van der Waals surface area contributed by atoms with E-state index in [-0.39, 0.29) is 36.8 Å². The summed E-state index contributed by atoms with van der Waals surface area (Å²) in [5, 5.41) is 11.5. The van der Waals surface area contributed by atoms with E-state index < -0.39 is 41.9 Å². The molecule has 1 fully saturated rings. The number of fused-ring (bicyclic) bond motifs is 14. The van der Waals surface area contributed by atoms with Crippen molar-refractivity contribution in [2.24, 2.45) is 5.92 Å². The summed E-state index contributed by atoms with van der Waals surface area (Å²) < 4.78 is 5.68. The van der Waals surface area contributed by atoms with Crippen LogP contribution in [0.2, 0.25) is 0 Å². The lowest BCUT2D eigenvalue weighted by molar-refractivity contribution is -0.143. The van der Waals surface area contributed by atoms with E-state index in [1.807, 2.05) is 26.0 Å². The molecule has 4 aliphatic rings. The number of nitrogens with one attached hydrogen (secondary N) is 4. The van der Waals surface area contributed by atoms with E-state index in [9.17, 15) is 24.0 Å². The topological polar surface area (TPSA) is 146 Å². The van der Waals surface area contributed by atoms with E-state index in [1.54, 1.807) is 31.2 Å². The van der Waals surface area contributed by atoms with Crippen LogP contribution in [-0.2, 0) is 43.2 Å². The highest BCUT2D eigenvalue weighted by Crippen LogP contribution is 2.23. The third-order valence-corrected chi connectivity index (χ3v) is 8.60. The highest BCUT2D eigenvalue weighted by Gasteiger charge is 2.39. The fraction of sp³-hybridized carbons (Fsp3) is 0.485. The monoisotopic (exact) mass is 603 g/mol. The van der Waals surface area contributed by atoms with Crippen LogP contribution in [0.4, 0.5) is 0 Å². The van der Waals surface area contributed by atoms with E-state index in [4.69, 9.17) is 4.74 Å². The van der Waals surface area contributed by atoms with Crippen LogP contribution in [-0.4, -0.2) is 77.8 Å². The maximum absolute atomic E-state index is 13.6. The minimum Gasteiger partial charge on any atom is -0.484 e. The molecular weight excluding hydrogens is 562 g/mol. The van der Waals surface area contributed by atoms with Crippen molar-refractivity contribution in [3.63, 3.8) is 0 Å². The van der Waals surface area contributed by atoms with Crippen LogP contribution in [0, 0.1) is 5.92 Å². The number of hydrogen-bond donors (Lipinski definition) is 4. The molecule has 3 heterocycles. The van der Waals surface area contributed by atoms with Crippen molar-refractivity contribution < 1.29 is 28.7 Å². The van der Waals surface area contributed by atoms with Gasteiger partial charge in [-0.3, -0.25) is 24.0 Å². The van der Waals surface area contributed by atoms with Gasteiger partial charge < -0.3 is 30.9 Å². The summed E-state index contributed by atoms with van der Waals surface area (Å²) in [5.74, 6) is -1.85. The Balaban J connectivity index is 1.36. The second-order valence-electron chi connectivity index (χ2n) is 12.3. The van der Waals surface area contributed by atoms with Gasteiger partial charge in [-0.1, -0.05) is 50.2 Å². The number of amides is 5. The summed E-state index contributed by atoms with van der Waals surface area (Å²) in [5.41, 5.74) is 3.17. The summed E-state index contributed by atoms with van der Waals surface area (Å²) in [4.78, 5) is 68.1. The molecule has 2 aromatic carbocycles. The first-order valence-electron chi connectivity index (χ1n) is 15.4. The number of benzene rings is 2. The van der Waals surface area contributed by atoms with Gasteiger partial charge in [-0.15, -0.1) is 0 Å². The lowest BCUT2D eigenvalue weighted by Crippen LogP contribution is -2.58. The van der Waals surface area contributed by atoms with Crippen molar-refractivity contribution in [3.05, 3.63) is 65.2 Å². The second-order valence-corrected chi connectivity index (χ2v) is 12.3. The average molecular weight is 604 g/mol. The lowest BCUT2D eigenvalue weighted by atomic mass is 10.0. The predicted octanol–water partition coefficient (Wildman–Crippen LogP) is 1.03. The van der Waals surface area contributed by atoms with E-state index in [2.05, 4.69) is 33.4 Å². The minimum atomic E-state index is -0.954. The van der Waals surface area contributed by atoms with Gasteiger partial charge in [0.15, 0.2) is 6.61 Å². The quantitative estimate of drug-likeness (QED) is 0.412. The summed E-state index contributed by atoms with van der Waals surface area (Å²) in [6.07, 6.45) is 2.69. The zero-order chi connectivity index (χ0) is 31.4. The molecule has 5 amide bonds. The molecule has 0 aromatic heterocycles. The van der Waals surface area contributed by atoms with Gasteiger partial charge in [0.25, 0.3) is 5.91 Å². The average Bonchev–Trinajstić information content (AvgIpc) is 3.65. The van der Waals surface area contributed by atoms with E-state index in [0.29, 0.717) is 38.0 Å². The molecule has 0 saturated carbocycles. The van der Waals surface area contributed by atoms with Crippen molar-refractivity contribution in [1.82, 2.24) is 26.2 Å². The lowest BCUT2D eigenvalue weighted by Gasteiger charge is -2.31. The van der Waals surface area contributed by atoms with Crippen LogP contribution < -0.4 is 26.0 Å². The van der Waals surface area contributed by atoms with Gasteiger partial charge in [0, 0.05) is 19.0 Å². The van der Waals surface area contributed by atoms with Crippen molar-refractivity contribution in [2.45, 2.75) is 83.1 Å². The Kier molecular flexibility index (Phi) is 9.51. The van der Waals surface area contributed by atoms with Crippen LogP contribution in [0.1, 0.15) is 50.3 Å². The Bertz CT molecular complexity index is 1380. The summed E-state index contributed by atoms with van der Waals surface area (Å²) in [7, 11) is 0. The Labute approximate surface area is 257 Å². The SMILES string of the molecule is CC(C)[C@H]1NC(=O)COc2ccc(cc2)C[C@H](C(=O)NC2Cc3ccccc3C2)NC(=O)[C@H](C)NC(=O)[C@@H]2CCCN2C1=O. The van der Waals surface area contributed by atoms with Gasteiger partial charge in [-0.05, 0) is 67.3 Å². The Morgan fingerprint density at radius 1 is 0.909 bits per heavy atom. The van der Waals surface area contributed by atoms with E-state index in [1.165, 1.54) is 16.0 Å². The molecule has 44 heavy (non-hydrogen) atoms. The zero-order valence-electron chi connectivity index (χ0n) is 25.4. The molecule has 1 saturated heterocycles. The van der Waals surface area contributed by atoms with Crippen LogP contribution in [0.25, 0.3) is 0 Å². The van der Waals surface area contributed by atoms with Crippen LogP contribution >= 0.6 is 0 Å². The molecule has 11 nitrogen and oxygen atoms in total. The van der Waals surface area contributed by atoms with Crippen LogP contribution in [0.5, 0.6) is 5.75 Å². The molecular formula is C33H41N5O6. The molecule has 234 valence electrons. The van der Waals surface area contributed by atoms with Crippen molar-refractivity contribution in [3.8, 4) is 5.75 Å². The summed E-state index contributed by atoms with van der Waals surface area (Å²) >= 11 is 0. The van der Waals surface area contributed by atoms with Gasteiger partial charge in [-0.2, -0.15) is 0 Å². The Hall–Kier alpha value is -4.41. The largest absolute Gasteiger partial charge is 0.484 e. The normalized spacial score (nSPS) is 25.1. The molecule has 6 rings (SSSR count). The number of rotatable bonds is 3. The van der Waals surface area contributed by atoms with Crippen molar-refractivity contribution in [1.29, 1.82) is 0 Å². The molecule has 0 spiro atoms. The maximum Gasteiger partial charge on any atom is 0.258 e. The molecule has 3 aliphatic heterocycles. The second kappa shape index (κ2) is 13.5. The first-order chi connectivity index (χ1) is 21.1. The van der Waals surface area contributed by atoms with E-state index in [0.717, 1.165) is 5.56 Å². The highest BCUT2D eigenvalue weighted by molar-refractivity contribution is 5.96. The smallest absolute Gasteiger partial charge is 0.258 e. The molecule has 1 aliphatic carbocycles. The van der Waals surface area contributed by atoms with Gasteiger partial charge in [0.2, 0.25) is 23.6 Å². The maximum atomic E-state index is 13.6. The first-order valence-corrected chi connectivity index (χ1v) is 15.4. The molecule has 4 atom stereocenters. The molecule has 2 aromatic rings. The van der Waals surface area contributed by atoms with Crippen molar-refractivity contribution in [2.75, 3.05) is 13.2 Å². The molecule has 2 bridgehead atoms. The molecule has 4 N–H and O–H groups in total. The Morgan fingerprint density at radius 3 is 2.25 bits per heavy atom. The highest BCUT2D eigenvalue weighted by atomic mass is 16.5. The van der Waals surface area contributed by atoms with Gasteiger partial charge in [-0.25, -0.2) is 0 Å². The zero-order valence-corrected chi connectivity index (χ0v) is 25.4. The number of ether oxygens (including phenoxy) is 1. The predicted molar refractivity (Wildman–Crippen MR) is 162 cm³/mol. The Morgan fingerprint density at radius 2 is 1.59 bits per heavy atom. The van der Waals surface area contributed by atoms with Crippen molar-refractivity contribution >= 4 is 29.5 Å². The third kappa shape index (κ3) is 7.20. The summed E-state index contributed by atoms with van der Waals surface area (Å²) in [6.45, 7) is 5.29. The van der Waals surface area contributed by atoms with Gasteiger partial charge in [0.05, 0.1) is 0 Å². The van der Waals surface area contributed by atoms with Crippen LogP contribution in [0.15, 0.2) is 48.5 Å². The summed E-state index contributed by atoms with van der Waals surface area (Å²) in [6, 6.07) is 11.5. The van der Waals surface area contributed by atoms with Gasteiger partial charge in [0.1, 0.15) is 29.9 Å². The number of hydrogen-bond acceptors (Lipinski definition) is 6. The molecule has 0 radical (unpaired) electrons. The standard InChI is InChI=1S/C33H41N5O6/c1-19(2)29-33(43)38-14-6-9-27(38)32(42)34-20(3)30(40)36-26(15-21-10-12-25(13-11-21)44-18-28(39)37-29)31(41)35-24-16-22-7-4-5-8-23(22)17-24/h4-5,7-8,10-13,19-20,24,26-27,29H,6,9,14-18H2,1-3H3,(H,34,42)(H,35,41)(H,36,40)(H,37,39)/t20-,26+,27-,29+/m0/s1. The number of carbonyl (C=O) groups is 5. The van der Waals surface area contributed by atoms with Gasteiger partial charge >= 0.3 is 0 Å². The minimum absolute atomic E-state index is 0.0895. The third-order valence-electron chi connectivity index (χ3n) is 8.60. The van der Waals surface area contributed by atoms with Crippen LogP contribution in [0.3, 0.4) is 0 Å². The number of nitrogens with zero attached hydrogens (tertiary/aromatic N) is 1. The fourth-order valence-corrected chi connectivity index (χ4v) is 6.16.